The van der Waals surface area contributed by atoms with Crippen molar-refractivity contribution in [3.63, 3.8) is 0 Å². The normalized spacial score (nSPS) is 11.6. The second-order valence-corrected chi connectivity index (χ2v) is 4.43. The zero-order valence-corrected chi connectivity index (χ0v) is 10.1. The van der Waals surface area contributed by atoms with E-state index in [0.29, 0.717) is 0 Å². The predicted octanol–water partition coefficient (Wildman–Crippen LogP) is 0.475. The standard InChI is InChI=1S/C10H12N2O5S/c13-8(14)4-7(9(15)16)12-10(17)11-5-6-2-1-3-18-6/h1-3,7H,4-5H2,(H,13,14)(H,15,16)(H2,11,12,17)/t7-/m1/s1. The SMILES string of the molecule is O=C(O)C[C@@H](NC(=O)NCc1cccs1)C(=O)O. The number of amides is 2. The van der Waals surface area contributed by atoms with Crippen LogP contribution in [0.5, 0.6) is 0 Å². The molecule has 0 aliphatic carbocycles. The Morgan fingerprint density at radius 1 is 1.33 bits per heavy atom. The van der Waals surface area contributed by atoms with E-state index in [0.717, 1.165) is 4.88 Å². The lowest BCUT2D eigenvalue weighted by Crippen LogP contribution is -2.46. The number of carbonyl (C=O) groups is 3. The number of carboxylic acids is 2. The van der Waals surface area contributed by atoms with Crippen molar-refractivity contribution < 1.29 is 24.6 Å². The number of thiophene rings is 1. The van der Waals surface area contributed by atoms with Crippen molar-refractivity contribution in [2.24, 2.45) is 0 Å². The minimum atomic E-state index is -1.44. The van der Waals surface area contributed by atoms with Gasteiger partial charge in [-0.15, -0.1) is 11.3 Å². The van der Waals surface area contributed by atoms with Crippen molar-refractivity contribution in [3.05, 3.63) is 22.4 Å². The molecule has 18 heavy (non-hydrogen) atoms. The minimum absolute atomic E-state index is 0.267. The summed E-state index contributed by atoms with van der Waals surface area (Å²) in [5, 5.41) is 23.6. The maximum Gasteiger partial charge on any atom is 0.326 e. The molecule has 0 bridgehead atoms. The van der Waals surface area contributed by atoms with E-state index in [1.807, 2.05) is 17.5 Å². The van der Waals surface area contributed by atoms with Gasteiger partial charge in [-0.3, -0.25) is 4.79 Å². The van der Waals surface area contributed by atoms with Gasteiger partial charge in [0.2, 0.25) is 0 Å². The lowest BCUT2D eigenvalue weighted by Gasteiger charge is -2.12. The predicted molar refractivity (Wildman–Crippen MR) is 63.4 cm³/mol. The summed E-state index contributed by atoms with van der Waals surface area (Å²) in [5.74, 6) is -2.68. The molecule has 0 unspecified atom stereocenters. The van der Waals surface area contributed by atoms with Gasteiger partial charge in [0.1, 0.15) is 6.04 Å². The molecule has 0 aliphatic heterocycles. The molecule has 1 heterocycles. The fraction of sp³-hybridized carbons (Fsp3) is 0.300. The topological polar surface area (TPSA) is 116 Å². The average Bonchev–Trinajstić information content (AvgIpc) is 2.77. The van der Waals surface area contributed by atoms with Crippen LogP contribution in [0.25, 0.3) is 0 Å². The summed E-state index contributed by atoms with van der Waals surface area (Å²) in [6.45, 7) is 0.267. The lowest BCUT2D eigenvalue weighted by molar-refractivity contribution is -0.145. The van der Waals surface area contributed by atoms with E-state index in [-0.39, 0.29) is 6.54 Å². The van der Waals surface area contributed by atoms with Crippen LogP contribution in [0, 0.1) is 0 Å². The summed E-state index contributed by atoms with van der Waals surface area (Å²) >= 11 is 1.45. The Hall–Kier alpha value is -2.09. The molecule has 7 nitrogen and oxygen atoms in total. The Kier molecular flexibility index (Phi) is 5.12. The Morgan fingerprint density at radius 3 is 2.56 bits per heavy atom. The van der Waals surface area contributed by atoms with E-state index in [9.17, 15) is 14.4 Å². The minimum Gasteiger partial charge on any atom is -0.481 e. The molecule has 1 atom stereocenters. The van der Waals surface area contributed by atoms with Gasteiger partial charge in [0.15, 0.2) is 0 Å². The molecule has 0 saturated heterocycles. The van der Waals surface area contributed by atoms with Crippen molar-refractivity contribution in [2.75, 3.05) is 0 Å². The molecule has 1 rings (SSSR count). The molecule has 0 fully saturated rings. The maximum atomic E-state index is 11.4. The Morgan fingerprint density at radius 2 is 2.06 bits per heavy atom. The van der Waals surface area contributed by atoms with E-state index in [4.69, 9.17) is 10.2 Å². The van der Waals surface area contributed by atoms with Crippen LogP contribution >= 0.6 is 11.3 Å². The fourth-order valence-corrected chi connectivity index (χ4v) is 1.81. The second-order valence-electron chi connectivity index (χ2n) is 3.40. The largest absolute Gasteiger partial charge is 0.481 e. The van der Waals surface area contributed by atoms with Crippen molar-refractivity contribution >= 4 is 29.3 Å². The quantitative estimate of drug-likeness (QED) is 0.601. The molecule has 8 heteroatoms. The second kappa shape index (κ2) is 6.60. The summed E-state index contributed by atoms with van der Waals surface area (Å²) < 4.78 is 0. The Labute approximate surface area is 106 Å². The zero-order chi connectivity index (χ0) is 13.5. The van der Waals surface area contributed by atoms with Crippen LogP contribution in [0.3, 0.4) is 0 Å². The molecule has 0 spiro atoms. The zero-order valence-electron chi connectivity index (χ0n) is 9.25. The molecule has 4 N–H and O–H groups in total. The van der Waals surface area contributed by atoms with E-state index >= 15 is 0 Å². The molecule has 0 aromatic carbocycles. The average molecular weight is 272 g/mol. The third-order valence-electron chi connectivity index (χ3n) is 1.99. The van der Waals surface area contributed by atoms with E-state index < -0.39 is 30.4 Å². The molecule has 1 aromatic rings. The Bertz CT molecular complexity index is 431. The van der Waals surface area contributed by atoms with Gasteiger partial charge in [-0.1, -0.05) is 6.07 Å². The number of rotatable bonds is 6. The molecule has 0 radical (unpaired) electrons. The summed E-state index contributed by atoms with van der Waals surface area (Å²) in [6.07, 6.45) is -0.665. The van der Waals surface area contributed by atoms with Gasteiger partial charge in [-0.25, -0.2) is 9.59 Å². The van der Waals surface area contributed by atoms with Crippen LogP contribution in [0.15, 0.2) is 17.5 Å². The van der Waals surface area contributed by atoms with Gasteiger partial charge in [-0.05, 0) is 11.4 Å². The van der Waals surface area contributed by atoms with E-state index in [1.54, 1.807) is 0 Å². The molecule has 98 valence electrons. The molecule has 0 aliphatic rings. The van der Waals surface area contributed by atoms with Gasteiger partial charge < -0.3 is 20.8 Å². The third-order valence-corrected chi connectivity index (χ3v) is 2.86. The number of carboxylic acid groups (broad SMARTS) is 2. The number of carbonyl (C=O) groups excluding carboxylic acids is 1. The molecular weight excluding hydrogens is 260 g/mol. The summed E-state index contributed by atoms with van der Waals surface area (Å²) in [4.78, 5) is 33.4. The van der Waals surface area contributed by atoms with Gasteiger partial charge in [0, 0.05) is 4.88 Å². The summed E-state index contributed by atoms with van der Waals surface area (Å²) in [7, 11) is 0. The highest BCUT2D eigenvalue weighted by Crippen LogP contribution is 2.07. The molecule has 0 saturated carbocycles. The Balaban J connectivity index is 2.41. The van der Waals surface area contributed by atoms with Crippen LogP contribution in [-0.2, 0) is 16.1 Å². The smallest absolute Gasteiger partial charge is 0.326 e. The number of urea groups is 1. The van der Waals surface area contributed by atoms with Crippen LogP contribution in [0.2, 0.25) is 0 Å². The van der Waals surface area contributed by atoms with Crippen molar-refractivity contribution in [1.82, 2.24) is 10.6 Å². The number of aliphatic carboxylic acids is 2. The van der Waals surface area contributed by atoms with Crippen molar-refractivity contribution in [1.29, 1.82) is 0 Å². The number of nitrogens with one attached hydrogen (secondary N) is 2. The molecule has 1 aromatic heterocycles. The maximum absolute atomic E-state index is 11.4. The molecule has 2 amide bonds. The highest BCUT2D eigenvalue weighted by Gasteiger charge is 2.22. The van der Waals surface area contributed by atoms with Crippen LogP contribution in [0.4, 0.5) is 4.79 Å². The summed E-state index contributed by atoms with van der Waals surface area (Å²) in [5.41, 5.74) is 0. The van der Waals surface area contributed by atoms with Gasteiger partial charge in [0.25, 0.3) is 0 Å². The van der Waals surface area contributed by atoms with Crippen molar-refractivity contribution in [3.8, 4) is 0 Å². The fourth-order valence-electron chi connectivity index (χ4n) is 1.16. The van der Waals surface area contributed by atoms with Gasteiger partial charge in [-0.2, -0.15) is 0 Å². The van der Waals surface area contributed by atoms with Gasteiger partial charge in [0.05, 0.1) is 13.0 Å². The first-order valence-electron chi connectivity index (χ1n) is 5.00. The van der Waals surface area contributed by atoms with E-state index in [2.05, 4.69) is 10.6 Å². The molecular formula is C10H12N2O5S. The third kappa shape index (κ3) is 4.83. The van der Waals surface area contributed by atoms with Gasteiger partial charge >= 0.3 is 18.0 Å². The highest BCUT2D eigenvalue weighted by molar-refractivity contribution is 7.09. The van der Waals surface area contributed by atoms with Crippen LogP contribution < -0.4 is 10.6 Å². The van der Waals surface area contributed by atoms with E-state index in [1.165, 1.54) is 11.3 Å². The number of hydrogen-bond donors (Lipinski definition) is 4. The lowest BCUT2D eigenvalue weighted by atomic mass is 10.2. The first-order chi connectivity index (χ1) is 8.49. The van der Waals surface area contributed by atoms with Crippen molar-refractivity contribution in [2.45, 2.75) is 19.0 Å². The first-order valence-corrected chi connectivity index (χ1v) is 5.88. The van der Waals surface area contributed by atoms with Crippen LogP contribution in [0.1, 0.15) is 11.3 Å². The number of hydrogen-bond acceptors (Lipinski definition) is 4. The monoisotopic (exact) mass is 272 g/mol. The highest BCUT2D eigenvalue weighted by atomic mass is 32.1. The van der Waals surface area contributed by atoms with Crippen LogP contribution in [-0.4, -0.2) is 34.2 Å². The first kappa shape index (κ1) is 14.0. The summed E-state index contributed by atoms with van der Waals surface area (Å²) in [6, 6.07) is 1.49.